The minimum absolute atomic E-state index is 0.296. The van der Waals surface area contributed by atoms with Gasteiger partial charge in [0.25, 0.3) is 0 Å². The molecule has 7 aliphatic rings. The van der Waals surface area contributed by atoms with Gasteiger partial charge in [0.15, 0.2) is 0 Å². The number of hydrogen-bond acceptors (Lipinski definition) is 4. The van der Waals surface area contributed by atoms with Gasteiger partial charge in [0, 0.05) is 22.7 Å². The minimum atomic E-state index is -0.396. The summed E-state index contributed by atoms with van der Waals surface area (Å²) in [5.74, 6) is -1.58. The fourth-order valence-electron chi connectivity index (χ4n) is 4.41. The van der Waals surface area contributed by atoms with E-state index in [0.29, 0.717) is 35.6 Å². The van der Waals surface area contributed by atoms with Crippen LogP contribution in [0.2, 0.25) is 0 Å². The largest absolute Gasteiger partial charge is 0.326 e. The van der Waals surface area contributed by atoms with E-state index in [4.69, 9.17) is 0 Å². The number of nitrogens with one attached hydrogen (secondary N) is 4. The van der Waals surface area contributed by atoms with Crippen LogP contribution >= 0.6 is 0 Å². The molecule has 7 heterocycles. The van der Waals surface area contributed by atoms with E-state index in [1.54, 1.807) is 48.5 Å². The Bertz CT molecular complexity index is 1290. The van der Waals surface area contributed by atoms with Crippen LogP contribution in [0.5, 0.6) is 0 Å². The van der Waals surface area contributed by atoms with E-state index in [9.17, 15) is 19.2 Å². The predicted molar refractivity (Wildman–Crippen MR) is 155 cm³/mol. The summed E-state index contributed by atoms with van der Waals surface area (Å²) in [4.78, 5) is 49.6. The first-order valence-electron chi connectivity index (χ1n) is 12.9. The van der Waals surface area contributed by atoms with Gasteiger partial charge in [-0.25, -0.2) is 0 Å². The van der Waals surface area contributed by atoms with Crippen molar-refractivity contribution in [2.45, 2.75) is 25.7 Å². The zero-order valence-corrected chi connectivity index (χ0v) is 21.7. The van der Waals surface area contributed by atoms with Crippen molar-refractivity contribution < 1.29 is 19.2 Å². The molecule has 0 radical (unpaired) electrons. The number of amides is 4. The summed E-state index contributed by atoms with van der Waals surface area (Å²) in [7, 11) is 0. The summed E-state index contributed by atoms with van der Waals surface area (Å²) in [6, 6.07) is 29.7. The van der Waals surface area contributed by atoms with E-state index in [1.807, 2.05) is 48.5 Å². The van der Waals surface area contributed by atoms with Crippen LogP contribution in [0.1, 0.15) is 35.1 Å². The van der Waals surface area contributed by atoms with Crippen molar-refractivity contribution in [1.29, 1.82) is 0 Å². The first-order chi connectivity index (χ1) is 19.4. The maximum absolute atomic E-state index is 12.4. The maximum atomic E-state index is 12.4. The highest BCUT2D eigenvalue weighted by Gasteiger charge is 2.12. The van der Waals surface area contributed by atoms with E-state index in [1.165, 1.54) is 0 Å². The lowest BCUT2D eigenvalue weighted by atomic mass is 10.0. The van der Waals surface area contributed by atoms with Crippen molar-refractivity contribution in [2.75, 3.05) is 21.3 Å². The molecule has 4 aromatic carbocycles. The van der Waals surface area contributed by atoms with Crippen molar-refractivity contribution in [1.82, 2.24) is 0 Å². The van der Waals surface area contributed by atoms with E-state index in [2.05, 4.69) is 21.3 Å². The summed E-state index contributed by atoms with van der Waals surface area (Å²) in [5.41, 5.74) is 6.57. The molecule has 0 atom stereocenters. The van der Waals surface area contributed by atoms with E-state index < -0.39 is 23.6 Å². The van der Waals surface area contributed by atoms with Crippen molar-refractivity contribution in [3.05, 3.63) is 119 Å². The molecule has 0 aromatic heterocycles. The third-order valence-corrected chi connectivity index (χ3v) is 6.41. The molecule has 200 valence electrons. The van der Waals surface area contributed by atoms with Gasteiger partial charge in [0.2, 0.25) is 23.6 Å². The first-order valence-corrected chi connectivity index (χ1v) is 12.9. The molecular formula is C32H28N4O4. The molecule has 11 rings (SSSR count). The molecule has 0 unspecified atom stereocenters. The van der Waals surface area contributed by atoms with Gasteiger partial charge < -0.3 is 21.3 Å². The number of anilines is 4. The molecule has 8 nitrogen and oxygen atoms in total. The highest BCUT2D eigenvalue weighted by atomic mass is 16.2. The van der Waals surface area contributed by atoms with Crippen LogP contribution in [0, 0.1) is 0 Å². The van der Waals surface area contributed by atoms with Crippen LogP contribution < -0.4 is 21.3 Å². The van der Waals surface area contributed by atoms with Crippen molar-refractivity contribution in [3.63, 3.8) is 0 Å². The fraction of sp³-hybridized carbons (Fsp3) is 0.125. The molecule has 0 fully saturated rings. The molecule has 4 N–H and O–H groups in total. The average Bonchev–Trinajstić information content (AvgIpc) is 2.92. The maximum Gasteiger partial charge on any atom is 0.233 e. The minimum Gasteiger partial charge on any atom is -0.326 e. The molecule has 0 spiro atoms. The number of benzene rings is 4. The molecular weight excluding hydrogens is 504 g/mol. The van der Waals surface area contributed by atoms with Crippen molar-refractivity contribution in [2.24, 2.45) is 0 Å². The molecule has 0 aliphatic carbocycles. The van der Waals surface area contributed by atoms with Gasteiger partial charge in [0.05, 0.1) is 0 Å². The lowest BCUT2D eigenvalue weighted by Crippen LogP contribution is -2.21. The summed E-state index contributed by atoms with van der Waals surface area (Å²) in [6.45, 7) is 0. The molecule has 4 aromatic rings. The second-order valence-electron chi connectivity index (χ2n) is 9.69. The smallest absolute Gasteiger partial charge is 0.233 e. The van der Waals surface area contributed by atoms with Gasteiger partial charge in [-0.2, -0.15) is 0 Å². The van der Waals surface area contributed by atoms with Gasteiger partial charge in [-0.05, 0) is 83.6 Å². The Labute approximate surface area is 231 Å². The van der Waals surface area contributed by atoms with Crippen molar-refractivity contribution in [3.8, 4) is 0 Å². The Morgan fingerprint density at radius 3 is 0.700 bits per heavy atom. The third-order valence-electron chi connectivity index (χ3n) is 6.41. The SMILES string of the molecule is O=C1CC(=O)Nc2ccc(cc2)Cc2ccc(cc2)NC(=O)CC(=O)Nc2ccc(cc2)Cc2ccc(cc2)N1. The monoisotopic (exact) mass is 532 g/mol. The normalized spacial score (nSPS) is 14.6. The average molecular weight is 533 g/mol. The molecule has 4 amide bonds. The number of hydrogen-bond donors (Lipinski definition) is 4. The van der Waals surface area contributed by atoms with Crippen LogP contribution in [0.4, 0.5) is 22.7 Å². The van der Waals surface area contributed by atoms with Gasteiger partial charge in [-0.3, -0.25) is 19.2 Å². The lowest BCUT2D eigenvalue weighted by molar-refractivity contribution is -0.125. The molecule has 40 heavy (non-hydrogen) atoms. The lowest BCUT2D eigenvalue weighted by Gasteiger charge is -2.10. The Balaban J connectivity index is 1.32. The van der Waals surface area contributed by atoms with E-state index >= 15 is 0 Å². The Morgan fingerprint density at radius 1 is 0.300 bits per heavy atom. The highest BCUT2D eigenvalue weighted by Crippen LogP contribution is 2.19. The molecule has 8 bridgehead atoms. The Morgan fingerprint density at radius 2 is 0.500 bits per heavy atom. The first kappa shape index (κ1) is 26.4. The zero-order valence-electron chi connectivity index (χ0n) is 21.7. The predicted octanol–water partition coefficient (Wildman–Crippen LogP) is 5.12. The third kappa shape index (κ3) is 7.41. The Kier molecular flexibility index (Phi) is 7.97. The van der Waals surface area contributed by atoms with Gasteiger partial charge in [0.1, 0.15) is 12.8 Å². The number of rotatable bonds is 0. The van der Waals surface area contributed by atoms with Crippen molar-refractivity contribution >= 4 is 46.4 Å². The van der Waals surface area contributed by atoms with Gasteiger partial charge in [-0.15, -0.1) is 0 Å². The van der Waals surface area contributed by atoms with Crippen LogP contribution in [0.3, 0.4) is 0 Å². The molecule has 8 heteroatoms. The second kappa shape index (κ2) is 12.1. The zero-order chi connectivity index (χ0) is 27.9. The molecule has 7 aliphatic heterocycles. The number of carbonyl (C=O) groups is 4. The van der Waals surface area contributed by atoms with E-state index in [-0.39, 0.29) is 12.8 Å². The fourth-order valence-corrected chi connectivity index (χ4v) is 4.41. The second-order valence-corrected chi connectivity index (χ2v) is 9.69. The van der Waals surface area contributed by atoms with Crippen LogP contribution in [0.25, 0.3) is 0 Å². The van der Waals surface area contributed by atoms with Crippen LogP contribution in [-0.2, 0) is 32.0 Å². The Hall–Kier alpha value is -5.24. The standard InChI is InChI=1S/C32H28N4O4/c37-29-19-30(38)35-27-13-5-23(6-14-27)18-24-7-15-28(16-8-24)36-32(40)20-31(39)34-26-11-3-22(4-12-26)17-21-1-9-25(33-29)10-2-21/h1-16H,17-20H2,(H,33,37)(H,34,39)(H,35,38)(H,36,40). The molecule has 0 saturated carbocycles. The quantitative estimate of drug-likeness (QED) is 0.235. The molecule has 0 saturated heterocycles. The summed E-state index contributed by atoms with van der Waals surface area (Å²) < 4.78 is 0. The highest BCUT2D eigenvalue weighted by molar-refractivity contribution is 6.08. The topological polar surface area (TPSA) is 116 Å². The van der Waals surface area contributed by atoms with Gasteiger partial charge in [-0.1, -0.05) is 48.5 Å². The van der Waals surface area contributed by atoms with E-state index in [0.717, 1.165) is 22.3 Å². The summed E-state index contributed by atoms with van der Waals surface area (Å²) >= 11 is 0. The van der Waals surface area contributed by atoms with Crippen LogP contribution in [-0.4, -0.2) is 23.6 Å². The number of carbonyl (C=O) groups excluding carboxylic acids is 4. The van der Waals surface area contributed by atoms with Crippen LogP contribution in [0.15, 0.2) is 97.1 Å². The summed E-state index contributed by atoms with van der Waals surface area (Å²) in [6.07, 6.45) is 0.722. The summed E-state index contributed by atoms with van der Waals surface area (Å²) in [5, 5.41) is 11.0. The van der Waals surface area contributed by atoms with Gasteiger partial charge >= 0.3 is 0 Å².